The van der Waals surface area contributed by atoms with Crippen LogP contribution in [-0.2, 0) is 17.5 Å². The van der Waals surface area contributed by atoms with Gasteiger partial charge in [0.15, 0.2) is 0 Å². The number of carbonyl (C=O) groups excluding carboxylic acids is 1. The molecule has 0 spiro atoms. The molecule has 28 heavy (non-hydrogen) atoms. The Bertz CT molecular complexity index is 788. The van der Waals surface area contributed by atoms with Crippen molar-refractivity contribution < 1.29 is 27.4 Å². The molecule has 1 saturated heterocycles. The maximum atomic E-state index is 12.7. The molecule has 0 saturated carbocycles. The van der Waals surface area contributed by atoms with E-state index in [2.05, 4.69) is 0 Å². The zero-order valence-corrected chi connectivity index (χ0v) is 15.5. The number of benzene rings is 2. The van der Waals surface area contributed by atoms with Gasteiger partial charge in [-0.2, -0.15) is 13.2 Å². The number of halogens is 3. The van der Waals surface area contributed by atoms with Crippen LogP contribution in [-0.4, -0.2) is 37.1 Å². The smallest absolute Gasteiger partial charge is 0.416 e. The number of methoxy groups -OCH3 is 1. The Morgan fingerprint density at radius 1 is 1.11 bits per heavy atom. The summed E-state index contributed by atoms with van der Waals surface area (Å²) in [6, 6.07) is 11.9. The molecule has 0 radical (unpaired) electrons. The molecule has 1 aliphatic rings. The Morgan fingerprint density at radius 2 is 1.79 bits per heavy atom. The minimum atomic E-state index is -4.34. The third-order valence-electron chi connectivity index (χ3n) is 4.77. The molecule has 2 aromatic carbocycles. The van der Waals surface area contributed by atoms with E-state index in [4.69, 9.17) is 9.47 Å². The average molecular weight is 393 g/mol. The van der Waals surface area contributed by atoms with Gasteiger partial charge in [-0.1, -0.05) is 12.1 Å². The molecular weight excluding hydrogens is 371 g/mol. The van der Waals surface area contributed by atoms with Gasteiger partial charge in [0.2, 0.25) is 0 Å². The molecule has 150 valence electrons. The van der Waals surface area contributed by atoms with E-state index in [9.17, 15) is 18.0 Å². The average Bonchev–Trinajstić information content (AvgIpc) is 2.71. The van der Waals surface area contributed by atoms with Gasteiger partial charge in [-0.3, -0.25) is 4.79 Å². The van der Waals surface area contributed by atoms with Gasteiger partial charge in [0.05, 0.1) is 25.4 Å². The summed E-state index contributed by atoms with van der Waals surface area (Å²) in [5, 5.41) is 0. The third-order valence-corrected chi connectivity index (χ3v) is 4.77. The Labute approximate surface area is 161 Å². The number of carbonyl (C=O) groups is 1. The summed E-state index contributed by atoms with van der Waals surface area (Å²) < 4.78 is 48.8. The number of likely N-dealkylation sites (tertiary alicyclic amines) is 1. The lowest BCUT2D eigenvalue weighted by Gasteiger charge is -2.32. The number of hydrogen-bond acceptors (Lipinski definition) is 3. The zero-order chi connectivity index (χ0) is 20.1. The van der Waals surface area contributed by atoms with Crippen LogP contribution in [0.3, 0.4) is 0 Å². The minimum Gasteiger partial charge on any atom is -0.497 e. The first kappa shape index (κ1) is 20.2. The first-order chi connectivity index (χ1) is 13.4. The van der Waals surface area contributed by atoms with Crippen LogP contribution in [0, 0.1) is 0 Å². The molecule has 0 N–H and O–H groups in total. The predicted molar refractivity (Wildman–Crippen MR) is 98.2 cm³/mol. The Hall–Kier alpha value is -2.54. The van der Waals surface area contributed by atoms with Crippen molar-refractivity contribution in [2.45, 2.75) is 31.7 Å². The second-order valence-electron chi connectivity index (χ2n) is 6.75. The van der Waals surface area contributed by atoms with E-state index < -0.39 is 11.7 Å². The lowest BCUT2D eigenvalue weighted by molar-refractivity contribution is -0.137. The molecule has 4 nitrogen and oxygen atoms in total. The molecule has 1 fully saturated rings. The van der Waals surface area contributed by atoms with Crippen molar-refractivity contribution >= 4 is 5.91 Å². The summed E-state index contributed by atoms with van der Waals surface area (Å²) in [4.78, 5) is 14.4. The largest absolute Gasteiger partial charge is 0.497 e. The van der Waals surface area contributed by atoms with E-state index in [-0.39, 0.29) is 18.6 Å². The molecule has 7 heteroatoms. The number of hydrogen-bond donors (Lipinski definition) is 0. The van der Waals surface area contributed by atoms with Gasteiger partial charge in [0.25, 0.3) is 5.91 Å². The highest BCUT2D eigenvalue weighted by molar-refractivity contribution is 5.94. The van der Waals surface area contributed by atoms with E-state index in [0.717, 1.165) is 25.0 Å². The summed E-state index contributed by atoms with van der Waals surface area (Å²) in [6.07, 6.45) is -2.85. The van der Waals surface area contributed by atoms with Crippen LogP contribution in [0.1, 0.15) is 34.3 Å². The molecule has 0 bridgehead atoms. The minimum absolute atomic E-state index is 0.0644. The molecule has 1 atom stereocenters. The van der Waals surface area contributed by atoms with Crippen molar-refractivity contribution in [1.82, 2.24) is 4.90 Å². The van der Waals surface area contributed by atoms with Crippen molar-refractivity contribution in [3.05, 3.63) is 65.2 Å². The van der Waals surface area contributed by atoms with Crippen LogP contribution in [0.2, 0.25) is 0 Å². The fourth-order valence-corrected chi connectivity index (χ4v) is 3.18. The van der Waals surface area contributed by atoms with E-state index >= 15 is 0 Å². The highest BCUT2D eigenvalue weighted by Gasteiger charge is 2.30. The van der Waals surface area contributed by atoms with Gasteiger partial charge in [-0.15, -0.1) is 0 Å². The monoisotopic (exact) mass is 393 g/mol. The van der Waals surface area contributed by atoms with Crippen LogP contribution in [0.4, 0.5) is 13.2 Å². The molecule has 0 unspecified atom stereocenters. The Kier molecular flexibility index (Phi) is 6.24. The Morgan fingerprint density at radius 3 is 2.39 bits per heavy atom. The first-order valence-electron chi connectivity index (χ1n) is 9.08. The van der Waals surface area contributed by atoms with Gasteiger partial charge < -0.3 is 14.4 Å². The fraction of sp³-hybridized carbons (Fsp3) is 0.381. The quantitative estimate of drug-likeness (QED) is 0.749. The zero-order valence-electron chi connectivity index (χ0n) is 15.5. The van der Waals surface area contributed by atoms with Gasteiger partial charge in [-0.05, 0) is 54.8 Å². The second kappa shape index (κ2) is 8.65. The number of piperidine rings is 1. The fourth-order valence-electron chi connectivity index (χ4n) is 3.18. The predicted octanol–water partition coefficient (Wildman–Crippen LogP) is 4.54. The number of ether oxygens (including phenoxy) is 2. The molecule has 2 aromatic rings. The molecule has 0 aromatic heterocycles. The van der Waals surface area contributed by atoms with Crippen LogP contribution < -0.4 is 4.74 Å². The second-order valence-corrected chi connectivity index (χ2v) is 6.75. The van der Waals surface area contributed by atoms with Crippen molar-refractivity contribution in [2.75, 3.05) is 20.2 Å². The van der Waals surface area contributed by atoms with Crippen LogP contribution >= 0.6 is 0 Å². The lowest BCUT2D eigenvalue weighted by atomic mass is 10.1. The van der Waals surface area contributed by atoms with Crippen molar-refractivity contribution in [2.24, 2.45) is 0 Å². The van der Waals surface area contributed by atoms with Crippen LogP contribution in [0.5, 0.6) is 5.75 Å². The van der Waals surface area contributed by atoms with Gasteiger partial charge in [-0.25, -0.2) is 0 Å². The summed E-state index contributed by atoms with van der Waals surface area (Å²) in [5.41, 5.74) is 0.584. The van der Waals surface area contributed by atoms with E-state index in [1.54, 1.807) is 36.3 Å². The van der Waals surface area contributed by atoms with Gasteiger partial charge >= 0.3 is 6.18 Å². The maximum absolute atomic E-state index is 12.7. The summed E-state index contributed by atoms with van der Waals surface area (Å²) >= 11 is 0. The third kappa shape index (κ3) is 5.04. The maximum Gasteiger partial charge on any atom is 0.416 e. The van der Waals surface area contributed by atoms with Gasteiger partial charge in [0, 0.05) is 18.7 Å². The van der Waals surface area contributed by atoms with E-state index in [0.29, 0.717) is 30.0 Å². The Balaban J connectivity index is 1.55. The standard InChI is InChI=1S/C21H22F3NO3/c1-27-18-10-6-16(7-11-18)20(26)25-12-2-3-19(13-25)28-14-15-4-8-17(9-5-15)21(22,23)24/h4-11,19H,2-3,12-14H2,1H3/t19-/m0/s1. The molecular formula is C21H22F3NO3. The van der Waals surface area contributed by atoms with E-state index in [1.165, 1.54) is 12.1 Å². The molecule has 0 aliphatic carbocycles. The molecule has 1 aliphatic heterocycles. The topological polar surface area (TPSA) is 38.8 Å². The summed E-state index contributed by atoms with van der Waals surface area (Å²) in [5.74, 6) is 0.624. The highest BCUT2D eigenvalue weighted by Crippen LogP contribution is 2.29. The van der Waals surface area contributed by atoms with Crippen molar-refractivity contribution in [3.63, 3.8) is 0 Å². The summed E-state index contributed by atoms with van der Waals surface area (Å²) in [6.45, 7) is 1.34. The number of amides is 1. The van der Waals surface area contributed by atoms with Crippen molar-refractivity contribution in [3.8, 4) is 5.75 Å². The van der Waals surface area contributed by atoms with Crippen molar-refractivity contribution in [1.29, 1.82) is 0 Å². The normalized spacial score (nSPS) is 17.4. The highest BCUT2D eigenvalue weighted by atomic mass is 19.4. The number of alkyl halides is 3. The van der Waals surface area contributed by atoms with Crippen LogP contribution in [0.15, 0.2) is 48.5 Å². The SMILES string of the molecule is COc1ccc(C(=O)N2CCC[C@H](OCc3ccc(C(F)(F)F)cc3)C2)cc1. The molecule has 1 heterocycles. The van der Waals surface area contributed by atoms with E-state index in [1.807, 2.05) is 0 Å². The number of rotatable bonds is 5. The lowest BCUT2D eigenvalue weighted by Crippen LogP contribution is -2.43. The number of nitrogens with zero attached hydrogens (tertiary/aromatic N) is 1. The first-order valence-corrected chi connectivity index (χ1v) is 9.08. The van der Waals surface area contributed by atoms with Gasteiger partial charge in [0.1, 0.15) is 5.75 Å². The van der Waals surface area contributed by atoms with Crippen LogP contribution in [0.25, 0.3) is 0 Å². The molecule has 3 rings (SSSR count). The molecule has 1 amide bonds. The summed E-state index contributed by atoms with van der Waals surface area (Å²) in [7, 11) is 1.57.